The molecule has 28 heavy (non-hydrogen) atoms. The van der Waals surface area contributed by atoms with Crippen molar-refractivity contribution in [3.05, 3.63) is 77.0 Å². The second kappa shape index (κ2) is 7.89. The Kier molecular flexibility index (Phi) is 5.54. The van der Waals surface area contributed by atoms with Gasteiger partial charge in [-0.3, -0.25) is 4.68 Å². The van der Waals surface area contributed by atoms with E-state index in [2.05, 4.69) is 15.7 Å². The lowest BCUT2D eigenvalue weighted by Gasteiger charge is -2.09. The molecule has 2 aromatic carbocycles. The summed E-state index contributed by atoms with van der Waals surface area (Å²) < 4.78 is 80.9. The van der Waals surface area contributed by atoms with Crippen molar-refractivity contribution in [3.8, 4) is 0 Å². The van der Waals surface area contributed by atoms with Crippen LogP contribution in [-0.4, -0.2) is 14.9 Å². The number of halogens is 6. The maximum absolute atomic E-state index is 13.7. The average molecular weight is 416 g/mol. The van der Waals surface area contributed by atoms with Gasteiger partial charge in [-0.1, -0.05) is 0 Å². The fraction of sp³-hybridized carbons (Fsp3) is 0.0588. The van der Waals surface area contributed by atoms with Gasteiger partial charge in [0.1, 0.15) is 5.82 Å². The van der Waals surface area contributed by atoms with Crippen molar-refractivity contribution >= 4 is 28.8 Å². The second-order valence-corrected chi connectivity index (χ2v) is 5.94. The van der Waals surface area contributed by atoms with Crippen molar-refractivity contribution in [1.29, 1.82) is 0 Å². The quantitative estimate of drug-likeness (QED) is 0.283. The molecule has 0 aliphatic heterocycles. The Morgan fingerprint density at radius 2 is 1.39 bits per heavy atom. The zero-order valence-corrected chi connectivity index (χ0v) is 14.6. The summed E-state index contributed by atoms with van der Waals surface area (Å²) in [6.07, 6.45) is 1.26. The standard InChI is InChI=1S/C17H10F6N4S/c18-8-1-3-9(4-2-8)24-17(28)25-11-5-6-27(26-11)7-10-12(19)14(21)16(23)15(22)13(10)20/h1-6H,7H2,(H2,24,25,26,28). The van der Waals surface area contributed by atoms with Crippen LogP contribution in [0.25, 0.3) is 0 Å². The van der Waals surface area contributed by atoms with E-state index in [1.807, 2.05) is 0 Å². The Labute approximate surface area is 159 Å². The predicted octanol–water partition coefficient (Wildman–Crippen LogP) is 4.57. The Hall–Kier alpha value is -3.08. The number of aromatic nitrogens is 2. The van der Waals surface area contributed by atoms with Crippen molar-refractivity contribution in [2.45, 2.75) is 6.54 Å². The van der Waals surface area contributed by atoms with E-state index in [1.165, 1.54) is 36.5 Å². The predicted molar refractivity (Wildman–Crippen MR) is 93.8 cm³/mol. The first kappa shape index (κ1) is 19.7. The second-order valence-electron chi connectivity index (χ2n) is 5.53. The third kappa shape index (κ3) is 4.09. The third-order valence-corrected chi connectivity index (χ3v) is 3.81. The minimum Gasteiger partial charge on any atom is -0.332 e. The minimum atomic E-state index is -2.22. The first-order valence-electron chi connectivity index (χ1n) is 7.63. The number of anilines is 2. The summed E-state index contributed by atoms with van der Waals surface area (Å²) >= 11 is 5.05. The smallest absolute Gasteiger partial charge is 0.200 e. The fourth-order valence-electron chi connectivity index (χ4n) is 2.28. The van der Waals surface area contributed by atoms with Gasteiger partial charge in [0.25, 0.3) is 0 Å². The van der Waals surface area contributed by atoms with E-state index in [9.17, 15) is 26.3 Å². The van der Waals surface area contributed by atoms with Crippen LogP contribution in [0.4, 0.5) is 37.8 Å². The van der Waals surface area contributed by atoms with Gasteiger partial charge < -0.3 is 10.6 Å². The summed E-state index contributed by atoms with van der Waals surface area (Å²) in [5, 5.41) is 9.43. The molecule has 0 atom stereocenters. The van der Waals surface area contributed by atoms with Crippen LogP contribution in [0.2, 0.25) is 0 Å². The Morgan fingerprint density at radius 1 is 0.821 bits per heavy atom. The molecule has 0 unspecified atom stereocenters. The number of rotatable bonds is 4. The molecule has 1 heterocycles. The lowest BCUT2D eigenvalue weighted by molar-refractivity contribution is 0.367. The highest BCUT2D eigenvalue weighted by Gasteiger charge is 2.25. The van der Waals surface area contributed by atoms with E-state index in [0.29, 0.717) is 5.69 Å². The Bertz CT molecular complexity index is 1010. The maximum Gasteiger partial charge on any atom is 0.200 e. The molecule has 0 aliphatic rings. The topological polar surface area (TPSA) is 41.9 Å². The average Bonchev–Trinajstić information content (AvgIpc) is 3.10. The van der Waals surface area contributed by atoms with Crippen LogP contribution >= 0.6 is 12.2 Å². The highest BCUT2D eigenvalue weighted by molar-refractivity contribution is 7.80. The van der Waals surface area contributed by atoms with Crippen LogP contribution in [0, 0.1) is 34.9 Å². The monoisotopic (exact) mass is 416 g/mol. The van der Waals surface area contributed by atoms with E-state index >= 15 is 0 Å². The molecule has 0 fully saturated rings. The number of benzene rings is 2. The lowest BCUT2D eigenvalue weighted by atomic mass is 10.1. The van der Waals surface area contributed by atoms with Crippen LogP contribution in [-0.2, 0) is 6.54 Å². The van der Waals surface area contributed by atoms with Crippen LogP contribution in [0.5, 0.6) is 0 Å². The summed E-state index contributed by atoms with van der Waals surface area (Å²) in [4.78, 5) is 0. The van der Waals surface area contributed by atoms with Crippen LogP contribution < -0.4 is 10.6 Å². The number of hydrogen-bond donors (Lipinski definition) is 2. The molecule has 0 amide bonds. The number of thiocarbonyl (C=S) groups is 1. The zero-order chi connectivity index (χ0) is 20.4. The molecule has 1 aromatic heterocycles. The summed E-state index contributed by atoms with van der Waals surface area (Å²) in [6.45, 7) is -0.689. The van der Waals surface area contributed by atoms with Gasteiger partial charge in [0.2, 0.25) is 5.82 Å². The molecular weight excluding hydrogens is 406 g/mol. The van der Waals surface area contributed by atoms with Crippen molar-refractivity contribution in [2.24, 2.45) is 0 Å². The molecule has 0 saturated carbocycles. The van der Waals surface area contributed by atoms with Gasteiger partial charge in [0, 0.05) is 18.0 Å². The Morgan fingerprint density at radius 3 is 2.00 bits per heavy atom. The van der Waals surface area contributed by atoms with E-state index < -0.39 is 47.0 Å². The highest BCUT2D eigenvalue weighted by Crippen LogP contribution is 2.23. The molecule has 0 bridgehead atoms. The SMILES string of the molecule is Fc1ccc(NC(=S)Nc2ccn(Cc3c(F)c(F)c(F)c(F)c3F)n2)cc1. The summed E-state index contributed by atoms with van der Waals surface area (Å²) in [5.74, 6) is -10.4. The molecule has 0 aliphatic carbocycles. The Balaban J connectivity index is 1.71. The van der Waals surface area contributed by atoms with E-state index in [0.717, 1.165) is 4.68 Å². The first-order valence-corrected chi connectivity index (χ1v) is 8.04. The third-order valence-electron chi connectivity index (χ3n) is 3.61. The molecule has 0 spiro atoms. The first-order chi connectivity index (χ1) is 13.3. The van der Waals surface area contributed by atoms with Crippen molar-refractivity contribution in [1.82, 2.24) is 9.78 Å². The van der Waals surface area contributed by atoms with Gasteiger partial charge in [-0.25, -0.2) is 26.3 Å². The normalized spacial score (nSPS) is 10.8. The number of nitrogens with one attached hydrogen (secondary N) is 2. The zero-order valence-electron chi connectivity index (χ0n) is 13.7. The molecule has 3 rings (SSSR count). The number of nitrogens with zero attached hydrogens (tertiary/aromatic N) is 2. The summed E-state index contributed by atoms with van der Waals surface area (Å²) in [7, 11) is 0. The van der Waals surface area contributed by atoms with E-state index in [4.69, 9.17) is 12.2 Å². The van der Waals surface area contributed by atoms with E-state index in [1.54, 1.807) is 0 Å². The van der Waals surface area contributed by atoms with Crippen molar-refractivity contribution < 1.29 is 26.3 Å². The maximum atomic E-state index is 13.7. The fourth-order valence-corrected chi connectivity index (χ4v) is 2.50. The van der Waals surface area contributed by atoms with Crippen LogP contribution in [0.15, 0.2) is 36.5 Å². The van der Waals surface area contributed by atoms with Gasteiger partial charge in [-0.2, -0.15) is 5.10 Å². The molecule has 3 aromatic rings. The lowest BCUT2D eigenvalue weighted by Crippen LogP contribution is -2.19. The van der Waals surface area contributed by atoms with Crippen LogP contribution in [0.3, 0.4) is 0 Å². The summed E-state index contributed by atoms with van der Waals surface area (Å²) in [6, 6.07) is 6.73. The molecule has 0 saturated heterocycles. The molecule has 2 N–H and O–H groups in total. The largest absolute Gasteiger partial charge is 0.332 e. The van der Waals surface area contributed by atoms with Crippen molar-refractivity contribution in [3.63, 3.8) is 0 Å². The molecular formula is C17H10F6N4S. The van der Waals surface area contributed by atoms with Gasteiger partial charge >= 0.3 is 0 Å². The van der Waals surface area contributed by atoms with Gasteiger partial charge in [-0.15, -0.1) is 0 Å². The minimum absolute atomic E-state index is 0.0908. The number of hydrogen-bond acceptors (Lipinski definition) is 2. The summed E-state index contributed by atoms with van der Waals surface area (Å²) in [5.41, 5.74) is -0.516. The molecule has 11 heteroatoms. The van der Waals surface area contributed by atoms with Crippen molar-refractivity contribution in [2.75, 3.05) is 10.6 Å². The molecule has 4 nitrogen and oxygen atoms in total. The highest BCUT2D eigenvalue weighted by atomic mass is 32.1. The van der Waals surface area contributed by atoms with E-state index in [-0.39, 0.29) is 10.9 Å². The van der Waals surface area contributed by atoms with Gasteiger partial charge in [0.15, 0.2) is 34.2 Å². The van der Waals surface area contributed by atoms with Gasteiger partial charge in [0.05, 0.1) is 12.1 Å². The van der Waals surface area contributed by atoms with Gasteiger partial charge in [-0.05, 0) is 36.5 Å². The molecule has 0 radical (unpaired) electrons. The van der Waals surface area contributed by atoms with Crippen LogP contribution in [0.1, 0.15) is 5.56 Å². The molecule has 146 valence electrons.